The van der Waals surface area contributed by atoms with Crippen molar-refractivity contribution in [1.82, 2.24) is 5.32 Å². The number of hydrogen-bond acceptors (Lipinski definition) is 1. The van der Waals surface area contributed by atoms with Gasteiger partial charge in [0.25, 0.3) is 0 Å². The monoisotopic (exact) mass is 197 g/mol. The fraction of sp³-hybridized carbons (Fsp3) is 1.00. The molecule has 0 radical (unpaired) electrons. The molecule has 1 nitrogen and oxygen atoms in total. The van der Waals surface area contributed by atoms with E-state index in [0.29, 0.717) is 6.04 Å². The van der Waals surface area contributed by atoms with Crippen molar-refractivity contribution in [1.29, 1.82) is 0 Å². The maximum Gasteiger partial charge on any atom is 0.00696 e. The maximum absolute atomic E-state index is 3.66. The molecule has 0 aliphatic heterocycles. The van der Waals surface area contributed by atoms with Crippen LogP contribution < -0.4 is 5.32 Å². The quantitative estimate of drug-likeness (QED) is 0.726. The molecule has 0 aromatic rings. The van der Waals surface area contributed by atoms with Crippen LogP contribution in [0.2, 0.25) is 0 Å². The van der Waals surface area contributed by atoms with E-state index in [0.717, 1.165) is 17.9 Å². The molecule has 14 heavy (non-hydrogen) atoms. The second-order valence-corrected chi connectivity index (χ2v) is 5.67. The van der Waals surface area contributed by atoms with Crippen molar-refractivity contribution in [3.63, 3.8) is 0 Å². The summed E-state index contributed by atoms with van der Waals surface area (Å²) < 4.78 is 0. The summed E-state index contributed by atoms with van der Waals surface area (Å²) in [7, 11) is 0. The van der Waals surface area contributed by atoms with Gasteiger partial charge in [-0.2, -0.15) is 0 Å². The number of nitrogens with one attached hydrogen (secondary N) is 1. The molecule has 0 unspecified atom stereocenters. The lowest BCUT2D eigenvalue weighted by molar-refractivity contribution is 0.252. The summed E-state index contributed by atoms with van der Waals surface area (Å²) in [5.74, 6) is 1.90. The standard InChI is InChI=1S/C13H27N/c1-10(2)9-12-5-7-13(8-6-12)14-11(3)4/h10-14H,5-9H2,1-4H3. The van der Waals surface area contributed by atoms with Crippen LogP contribution in [0.1, 0.15) is 59.8 Å². The Morgan fingerprint density at radius 3 is 2.00 bits per heavy atom. The third-order valence-electron chi connectivity index (χ3n) is 3.22. The van der Waals surface area contributed by atoms with Crippen LogP contribution in [-0.2, 0) is 0 Å². The minimum atomic E-state index is 0.654. The lowest BCUT2D eigenvalue weighted by Gasteiger charge is -2.31. The molecule has 0 spiro atoms. The SMILES string of the molecule is CC(C)CC1CCC(NC(C)C)CC1. The molecule has 1 aliphatic carbocycles. The smallest absolute Gasteiger partial charge is 0.00696 e. The van der Waals surface area contributed by atoms with E-state index in [-0.39, 0.29) is 0 Å². The van der Waals surface area contributed by atoms with Crippen LogP contribution in [-0.4, -0.2) is 12.1 Å². The lowest BCUT2D eigenvalue weighted by Crippen LogP contribution is -2.37. The van der Waals surface area contributed by atoms with Gasteiger partial charge in [-0.25, -0.2) is 0 Å². The topological polar surface area (TPSA) is 12.0 Å². The molecule has 0 aromatic heterocycles. The first-order valence-electron chi connectivity index (χ1n) is 6.34. The highest BCUT2D eigenvalue weighted by Crippen LogP contribution is 2.29. The fourth-order valence-corrected chi connectivity index (χ4v) is 2.70. The first-order valence-corrected chi connectivity index (χ1v) is 6.34. The van der Waals surface area contributed by atoms with Gasteiger partial charge in [0, 0.05) is 12.1 Å². The first-order chi connectivity index (χ1) is 6.58. The van der Waals surface area contributed by atoms with Crippen LogP contribution in [0.25, 0.3) is 0 Å². The zero-order chi connectivity index (χ0) is 10.6. The molecule has 0 amide bonds. The van der Waals surface area contributed by atoms with Crippen molar-refractivity contribution in [2.45, 2.75) is 71.9 Å². The van der Waals surface area contributed by atoms with Crippen LogP contribution in [0, 0.1) is 11.8 Å². The largest absolute Gasteiger partial charge is 0.312 e. The van der Waals surface area contributed by atoms with E-state index in [9.17, 15) is 0 Å². The van der Waals surface area contributed by atoms with Gasteiger partial charge in [0.05, 0.1) is 0 Å². The Labute approximate surface area is 89.7 Å². The Balaban J connectivity index is 2.17. The highest BCUT2D eigenvalue weighted by atomic mass is 14.9. The third-order valence-corrected chi connectivity index (χ3v) is 3.22. The molecule has 84 valence electrons. The molecule has 1 fully saturated rings. The van der Waals surface area contributed by atoms with Crippen LogP contribution in [0.15, 0.2) is 0 Å². The van der Waals surface area contributed by atoms with E-state index in [2.05, 4.69) is 33.0 Å². The van der Waals surface area contributed by atoms with E-state index < -0.39 is 0 Å². The zero-order valence-corrected chi connectivity index (χ0v) is 10.3. The average molecular weight is 197 g/mol. The van der Waals surface area contributed by atoms with E-state index >= 15 is 0 Å². The maximum atomic E-state index is 3.66. The van der Waals surface area contributed by atoms with Crippen molar-refractivity contribution < 1.29 is 0 Å². The van der Waals surface area contributed by atoms with Crippen molar-refractivity contribution >= 4 is 0 Å². The number of hydrogen-bond donors (Lipinski definition) is 1. The van der Waals surface area contributed by atoms with Crippen LogP contribution in [0.4, 0.5) is 0 Å². The van der Waals surface area contributed by atoms with Gasteiger partial charge in [0.2, 0.25) is 0 Å². The second-order valence-electron chi connectivity index (χ2n) is 5.67. The lowest BCUT2D eigenvalue weighted by atomic mass is 9.81. The average Bonchev–Trinajstić information content (AvgIpc) is 2.06. The second kappa shape index (κ2) is 5.75. The summed E-state index contributed by atoms with van der Waals surface area (Å²) in [4.78, 5) is 0. The van der Waals surface area contributed by atoms with Crippen molar-refractivity contribution in [2.24, 2.45) is 11.8 Å². The predicted molar refractivity (Wildman–Crippen MR) is 63.5 cm³/mol. The third kappa shape index (κ3) is 4.45. The van der Waals surface area contributed by atoms with Crippen LogP contribution in [0.3, 0.4) is 0 Å². The molecular weight excluding hydrogens is 170 g/mol. The summed E-state index contributed by atoms with van der Waals surface area (Å²) in [6.07, 6.45) is 7.13. The first kappa shape index (κ1) is 12.0. The summed E-state index contributed by atoms with van der Waals surface area (Å²) in [6.45, 7) is 9.19. The molecule has 1 heteroatoms. The molecule has 0 heterocycles. The van der Waals surface area contributed by atoms with Crippen molar-refractivity contribution in [2.75, 3.05) is 0 Å². The van der Waals surface area contributed by atoms with Gasteiger partial charge in [-0.1, -0.05) is 27.7 Å². The Bertz CT molecular complexity index is 125. The Morgan fingerprint density at radius 2 is 1.57 bits per heavy atom. The summed E-state index contributed by atoms with van der Waals surface area (Å²) in [5, 5.41) is 3.66. The minimum Gasteiger partial charge on any atom is -0.312 e. The summed E-state index contributed by atoms with van der Waals surface area (Å²) in [5.41, 5.74) is 0. The molecule has 1 saturated carbocycles. The molecule has 0 aromatic carbocycles. The fourth-order valence-electron chi connectivity index (χ4n) is 2.70. The summed E-state index contributed by atoms with van der Waals surface area (Å²) >= 11 is 0. The molecule has 0 bridgehead atoms. The summed E-state index contributed by atoms with van der Waals surface area (Å²) in [6, 6.07) is 1.46. The van der Waals surface area contributed by atoms with Crippen LogP contribution in [0.5, 0.6) is 0 Å². The molecule has 1 N–H and O–H groups in total. The van der Waals surface area contributed by atoms with Crippen LogP contribution >= 0.6 is 0 Å². The zero-order valence-electron chi connectivity index (χ0n) is 10.3. The van der Waals surface area contributed by atoms with Gasteiger partial charge >= 0.3 is 0 Å². The van der Waals surface area contributed by atoms with Gasteiger partial charge in [-0.15, -0.1) is 0 Å². The van der Waals surface area contributed by atoms with E-state index in [1.807, 2.05) is 0 Å². The molecule has 1 aliphatic rings. The molecule has 0 saturated heterocycles. The number of rotatable bonds is 4. The Kier molecular flexibility index (Phi) is 4.94. The van der Waals surface area contributed by atoms with Gasteiger partial charge < -0.3 is 5.32 Å². The van der Waals surface area contributed by atoms with Crippen molar-refractivity contribution in [3.05, 3.63) is 0 Å². The normalized spacial score (nSPS) is 28.7. The van der Waals surface area contributed by atoms with E-state index in [1.54, 1.807) is 0 Å². The molecule has 0 atom stereocenters. The van der Waals surface area contributed by atoms with Gasteiger partial charge in [-0.05, 0) is 43.9 Å². The van der Waals surface area contributed by atoms with E-state index in [4.69, 9.17) is 0 Å². The van der Waals surface area contributed by atoms with E-state index in [1.165, 1.54) is 32.1 Å². The highest BCUT2D eigenvalue weighted by Gasteiger charge is 2.21. The van der Waals surface area contributed by atoms with Gasteiger partial charge in [0.15, 0.2) is 0 Å². The highest BCUT2D eigenvalue weighted by molar-refractivity contribution is 4.78. The molecule has 1 rings (SSSR count). The van der Waals surface area contributed by atoms with Crippen molar-refractivity contribution in [3.8, 4) is 0 Å². The molecular formula is C13H27N. The Hall–Kier alpha value is -0.0400. The van der Waals surface area contributed by atoms with Gasteiger partial charge in [-0.3, -0.25) is 0 Å². The minimum absolute atomic E-state index is 0.654. The predicted octanol–water partition coefficient (Wildman–Crippen LogP) is 3.59. The van der Waals surface area contributed by atoms with Gasteiger partial charge in [0.1, 0.15) is 0 Å². The Morgan fingerprint density at radius 1 is 1.00 bits per heavy atom.